The SMILES string of the molecule is Fc1ccccc1CNC1CCCCCCCCCCC1. The van der Waals surface area contributed by atoms with Crippen molar-refractivity contribution in [3.05, 3.63) is 35.6 Å². The molecule has 0 aromatic heterocycles. The van der Waals surface area contributed by atoms with Crippen LogP contribution in [-0.2, 0) is 6.54 Å². The molecule has 0 radical (unpaired) electrons. The summed E-state index contributed by atoms with van der Waals surface area (Å²) in [4.78, 5) is 0. The minimum atomic E-state index is -0.0850. The molecule has 0 spiro atoms. The molecule has 0 bridgehead atoms. The highest BCUT2D eigenvalue weighted by molar-refractivity contribution is 5.17. The largest absolute Gasteiger partial charge is 0.310 e. The van der Waals surface area contributed by atoms with E-state index in [0.29, 0.717) is 12.6 Å². The smallest absolute Gasteiger partial charge is 0.127 e. The Bertz CT molecular complexity index is 379. The Morgan fingerprint density at radius 1 is 0.810 bits per heavy atom. The molecule has 1 nitrogen and oxygen atoms in total. The predicted molar refractivity (Wildman–Crippen MR) is 87.8 cm³/mol. The van der Waals surface area contributed by atoms with E-state index in [0.717, 1.165) is 5.56 Å². The summed E-state index contributed by atoms with van der Waals surface area (Å²) in [5.41, 5.74) is 0.795. The Kier molecular flexibility index (Phi) is 7.80. The van der Waals surface area contributed by atoms with Crippen LogP contribution in [0.4, 0.5) is 4.39 Å². The first-order chi connectivity index (χ1) is 10.4. The maximum Gasteiger partial charge on any atom is 0.127 e. The minimum absolute atomic E-state index is 0.0850. The monoisotopic (exact) mass is 291 g/mol. The van der Waals surface area contributed by atoms with Crippen molar-refractivity contribution in [1.29, 1.82) is 0 Å². The van der Waals surface area contributed by atoms with E-state index in [1.165, 1.54) is 70.6 Å². The van der Waals surface area contributed by atoms with Crippen LogP contribution in [0, 0.1) is 5.82 Å². The molecule has 1 aliphatic rings. The van der Waals surface area contributed by atoms with Gasteiger partial charge in [-0.1, -0.05) is 76.0 Å². The van der Waals surface area contributed by atoms with Crippen molar-refractivity contribution in [3.8, 4) is 0 Å². The van der Waals surface area contributed by atoms with E-state index < -0.39 is 0 Å². The van der Waals surface area contributed by atoms with E-state index >= 15 is 0 Å². The molecule has 0 saturated heterocycles. The minimum Gasteiger partial charge on any atom is -0.310 e. The maximum absolute atomic E-state index is 13.7. The zero-order valence-electron chi connectivity index (χ0n) is 13.2. The molecule has 1 aliphatic carbocycles. The van der Waals surface area contributed by atoms with Gasteiger partial charge in [0.05, 0.1) is 0 Å². The fourth-order valence-electron chi connectivity index (χ4n) is 3.26. The van der Waals surface area contributed by atoms with E-state index in [-0.39, 0.29) is 5.82 Å². The Hall–Kier alpha value is -0.890. The number of rotatable bonds is 3. The zero-order chi connectivity index (χ0) is 14.8. The zero-order valence-corrected chi connectivity index (χ0v) is 13.2. The first kappa shape index (κ1) is 16.5. The molecule has 0 atom stereocenters. The van der Waals surface area contributed by atoms with Crippen molar-refractivity contribution in [2.75, 3.05) is 0 Å². The molecule has 0 heterocycles. The lowest BCUT2D eigenvalue weighted by Crippen LogP contribution is -2.29. The number of benzene rings is 1. The van der Waals surface area contributed by atoms with E-state index in [2.05, 4.69) is 5.32 Å². The number of hydrogen-bond acceptors (Lipinski definition) is 1. The molecule has 1 N–H and O–H groups in total. The second-order valence-electron chi connectivity index (χ2n) is 6.43. The molecule has 118 valence electrons. The average Bonchev–Trinajstić information content (AvgIpc) is 2.48. The summed E-state index contributed by atoms with van der Waals surface area (Å²) in [5.74, 6) is -0.0850. The molecule has 1 fully saturated rings. The fraction of sp³-hybridized carbons (Fsp3) is 0.684. The van der Waals surface area contributed by atoms with Crippen molar-refractivity contribution < 1.29 is 4.39 Å². The van der Waals surface area contributed by atoms with Gasteiger partial charge in [0.1, 0.15) is 5.82 Å². The van der Waals surface area contributed by atoms with E-state index in [1.807, 2.05) is 12.1 Å². The normalized spacial score (nSPS) is 19.7. The van der Waals surface area contributed by atoms with Crippen LogP contribution in [0.2, 0.25) is 0 Å². The lowest BCUT2D eigenvalue weighted by Gasteiger charge is -2.20. The van der Waals surface area contributed by atoms with Crippen LogP contribution in [0.3, 0.4) is 0 Å². The van der Waals surface area contributed by atoms with Crippen LogP contribution in [0.25, 0.3) is 0 Å². The molecule has 0 amide bonds. The summed E-state index contributed by atoms with van der Waals surface area (Å²) < 4.78 is 13.7. The van der Waals surface area contributed by atoms with Crippen LogP contribution >= 0.6 is 0 Å². The topological polar surface area (TPSA) is 12.0 Å². The van der Waals surface area contributed by atoms with Crippen molar-refractivity contribution in [2.24, 2.45) is 0 Å². The van der Waals surface area contributed by atoms with Gasteiger partial charge in [0.2, 0.25) is 0 Å². The Morgan fingerprint density at radius 3 is 1.90 bits per heavy atom. The lowest BCUT2D eigenvalue weighted by atomic mass is 9.98. The number of halogens is 1. The summed E-state index contributed by atoms with van der Waals surface area (Å²) in [5, 5.41) is 3.59. The first-order valence-corrected chi connectivity index (χ1v) is 8.83. The molecule has 1 aromatic carbocycles. The third kappa shape index (κ3) is 6.60. The molecular formula is C19H30FN. The quantitative estimate of drug-likeness (QED) is 0.765. The van der Waals surface area contributed by atoms with Crippen molar-refractivity contribution in [2.45, 2.75) is 83.2 Å². The first-order valence-electron chi connectivity index (χ1n) is 8.83. The van der Waals surface area contributed by atoms with E-state index in [1.54, 1.807) is 12.1 Å². The molecule has 0 aliphatic heterocycles. The molecule has 1 aromatic rings. The van der Waals surface area contributed by atoms with Crippen LogP contribution < -0.4 is 5.32 Å². The Morgan fingerprint density at radius 2 is 1.33 bits per heavy atom. The maximum atomic E-state index is 13.7. The molecule has 2 heteroatoms. The molecule has 2 rings (SSSR count). The highest BCUT2D eigenvalue weighted by Crippen LogP contribution is 2.17. The molecular weight excluding hydrogens is 261 g/mol. The van der Waals surface area contributed by atoms with Crippen molar-refractivity contribution in [3.63, 3.8) is 0 Å². The Balaban J connectivity index is 1.79. The van der Waals surface area contributed by atoms with Gasteiger partial charge in [-0.3, -0.25) is 0 Å². The standard InChI is InChI=1S/C19H30FN/c20-19-15-11-10-12-17(19)16-21-18-13-8-6-4-2-1-3-5-7-9-14-18/h10-12,15,18,21H,1-9,13-14,16H2. The van der Waals surface area contributed by atoms with Crippen molar-refractivity contribution in [1.82, 2.24) is 5.32 Å². The Labute approximate surface area is 129 Å². The summed E-state index contributed by atoms with van der Waals surface area (Å²) in [6.07, 6.45) is 14.9. The molecule has 0 unspecified atom stereocenters. The summed E-state index contributed by atoms with van der Waals surface area (Å²) in [6, 6.07) is 7.68. The van der Waals surface area contributed by atoms with Crippen LogP contribution in [0.5, 0.6) is 0 Å². The van der Waals surface area contributed by atoms with E-state index in [9.17, 15) is 4.39 Å². The van der Waals surface area contributed by atoms with Crippen molar-refractivity contribution >= 4 is 0 Å². The van der Waals surface area contributed by atoms with Crippen LogP contribution in [0.1, 0.15) is 76.2 Å². The highest BCUT2D eigenvalue weighted by Gasteiger charge is 2.10. The number of hydrogen-bond donors (Lipinski definition) is 1. The fourth-order valence-corrected chi connectivity index (χ4v) is 3.26. The van der Waals surface area contributed by atoms with Gasteiger partial charge >= 0.3 is 0 Å². The van der Waals surface area contributed by atoms with Gasteiger partial charge < -0.3 is 5.32 Å². The summed E-state index contributed by atoms with van der Waals surface area (Å²) in [7, 11) is 0. The summed E-state index contributed by atoms with van der Waals surface area (Å²) in [6.45, 7) is 0.664. The van der Waals surface area contributed by atoms with Gasteiger partial charge in [-0.2, -0.15) is 0 Å². The van der Waals surface area contributed by atoms with Crippen LogP contribution in [-0.4, -0.2) is 6.04 Å². The van der Waals surface area contributed by atoms with Gasteiger partial charge in [-0.15, -0.1) is 0 Å². The second kappa shape index (κ2) is 9.94. The van der Waals surface area contributed by atoms with Gasteiger partial charge in [0.15, 0.2) is 0 Å². The van der Waals surface area contributed by atoms with Gasteiger partial charge in [-0.05, 0) is 18.9 Å². The highest BCUT2D eigenvalue weighted by atomic mass is 19.1. The van der Waals surface area contributed by atoms with Gasteiger partial charge in [0.25, 0.3) is 0 Å². The molecule has 1 saturated carbocycles. The number of nitrogens with one attached hydrogen (secondary N) is 1. The average molecular weight is 291 g/mol. The second-order valence-corrected chi connectivity index (χ2v) is 6.43. The van der Waals surface area contributed by atoms with E-state index in [4.69, 9.17) is 0 Å². The summed E-state index contributed by atoms with van der Waals surface area (Å²) >= 11 is 0. The third-order valence-corrected chi connectivity index (χ3v) is 4.64. The lowest BCUT2D eigenvalue weighted by molar-refractivity contribution is 0.400. The third-order valence-electron chi connectivity index (χ3n) is 4.64. The van der Waals surface area contributed by atoms with Crippen LogP contribution in [0.15, 0.2) is 24.3 Å². The molecule has 21 heavy (non-hydrogen) atoms. The predicted octanol–water partition coefficient (Wildman–Crippen LogP) is 5.59. The van der Waals surface area contributed by atoms with Gasteiger partial charge in [-0.25, -0.2) is 4.39 Å². The van der Waals surface area contributed by atoms with Gasteiger partial charge in [0, 0.05) is 18.2 Å².